The first-order valence-corrected chi connectivity index (χ1v) is 9.73. The van der Waals surface area contributed by atoms with E-state index in [0.29, 0.717) is 18.8 Å². The standard InChI is InChI=1S/C20H30FN3O3/c1-22-6-3-7-23(9-8-22)11-16-12-24(13-17(16)14-25)20(26)15-27-19-5-2-4-18(21)10-19/h2,4-5,10,16-17,25H,3,6-9,11-15H2,1H3/t16-,17-/m1/s1. The Morgan fingerprint density at radius 2 is 2.04 bits per heavy atom. The number of carbonyl (C=O) groups is 1. The number of likely N-dealkylation sites (N-methyl/N-ethyl adjacent to an activating group) is 1. The van der Waals surface area contributed by atoms with Crippen LogP contribution >= 0.6 is 0 Å². The molecule has 2 heterocycles. The Balaban J connectivity index is 1.51. The fourth-order valence-electron chi connectivity index (χ4n) is 3.96. The van der Waals surface area contributed by atoms with Crippen LogP contribution in [0.3, 0.4) is 0 Å². The number of benzene rings is 1. The second kappa shape index (κ2) is 9.48. The molecule has 27 heavy (non-hydrogen) atoms. The maximum atomic E-state index is 13.2. The van der Waals surface area contributed by atoms with Gasteiger partial charge in [-0.05, 0) is 44.6 Å². The number of carbonyl (C=O) groups excluding carboxylic acids is 1. The zero-order valence-electron chi connectivity index (χ0n) is 16.0. The van der Waals surface area contributed by atoms with E-state index >= 15 is 0 Å². The molecule has 0 saturated carbocycles. The molecule has 2 aliphatic rings. The van der Waals surface area contributed by atoms with Gasteiger partial charge in [0.15, 0.2) is 6.61 Å². The third kappa shape index (κ3) is 5.64. The molecule has 7 heteroatoms. The van der Waals surface area contributed by atoms with E-state index in [1.807, 2.05) is 0 Å². The van der Waals surface area contributed by atoms with Crippen molar-refractivity contribution in [2.45, 2.75) is 6.42 Å². The minimum Gasteiger partial charge on any atom is -0.484 e. The number of likely N-dealkylation sites (tertiary alicyclic amines) is 1. The van der Waals surface area contributed by atoms with Crippen LogP contribution in [0.1, 0.15) is 6.42 Å². The zero-order valence-corrected chi connectivity index (χ0v) is 16.0. The van der Waals surface area contributed by atoms with Crippen molar-refractivity contribution in [2.75, 3.05) is 66.1 Å². The summed E-state index contributed by atoms with van der Waals surface area (Å²) in [5, 5.41) is 9.76. The maximum Gasteiger partial charge on any atom is 0.260 e. The molecule has 1 aromatic carbocycles. The summed E-state index contributed by atoms with van der Waals surface area (Å²) in [5.41, 5.74) is 0. The van der Waals surface area contributed by atoms with Gasteiger partial charge >= 0.3 is 0 Å². The van der Waals surface area contributed by atoms with E-state index in [4.69, 9.17) is 4.74 Å². The molecule has 150 valence electrons. The molecule has 2 aliphatic heterocycles. The topological polar surface area (TPSA) is 56.2 Å². The fourth-order valence-corrected chi connectivity index (χ4v) is 3.96. The second-order valence-electron chi connectivity index (χ2n) is 7.70. The number of hydrogen-bond donors (Lipinski definition) is 1. The van der Waals surface area contributed by atoms with Gasteiger partial charge in [0, 0.05) is 51.3 Å². The summed E-state index contributed by atoms with van der Waals surface area (Å²) in [4.78, 5) is 19.1. The van der Waals surface area contributed by atoms with E-state index < -0.39 is 0 Å². The van der Waals surface area contributed by atoms with Crippen molar-refractivity contribution in [3.63, 3.8) is 0 Å². The first kappa shape index (κ1) is 20.0. The van der Waals surface area contributed by atoms with Crippen LogP contribution in [0.25, 0.3) is 0 Å². The monoisotopic (exact) mass is 379 g/mol. The fraction of sp³-hybridized carbons (Fsp3) is 0.650. The third-order valence-corrected chi connectivity index (χ3v) is 5.63. The molecule has 0 unspecified atom stereocenters. The predicted molar refractivity (Wildman–Crippen MR) is 101 cm³/mol. The Labute approximate surface area is 160 Å². The van der Waals surface area contributed by atoms with Crippen molar-refractivity contribution in [2.24, 2.45) is 11.8 Å². The molecular formula is C20H30FN3O3. The highest BCUT2D eigenvalue weighted by Crippen LogP contribution is 2.25. The van der Waals surface area contributed by atoms with Crippen LogP contribution in [0.2, 0.25) is 0 Å². The van der Waals surface area contributed by atoms with Crippen LogP contribution in [0, 0.1) is 17.7 Å². The first-order valence-electron chi connectivity index (χ1n) is 9.73. The molecule has 6 nitrogen and oxygen atoms in total. The average molecular weight is 379 g/mol. The molecule has 0 spiro atoms. The predicted octanol–water partition coefficient (Wildman–Crippen LogP) is 0.909. The molecule has 2 atom stereocenters. The highest BCUT2D eigenvalue weighted by atomic mass is 19.1. The normalized spacial score (nSPS) is 24.8. The van der Waals surface area contributed by atoms with Crippen LogP contribution in [-0.2, 0) is 4.79 Å². The number of amides is 1. The number of halogens is 1. The van der Waals surface area contributed by atoms with Gasteiger partial charge in [-0.3, -0.25) is 4.79 Å². The first-order chi connectivity index (χ1) is 13.0. The highest BCUT2D eigenvalue weighted by Gasteiger charge is 2.36. The van der Waals surface area contributed by atoms with Crippen molar-refractivity contribution >= 4 is 5.91 Å². The van der Waals surface area contributed by atoms with E-state index in [2.05, 4.69) is 16.8 Å². The van der Waals surface area contributed by atoms with Gasteiger partial charge in [-0.15, -0.1) is 0 Å². The van der Waals surface area contributed by atoms with E-state index in [1.165, 1.54) is 12.1 Å². The lowest BCUT2D eigenvalue weighted by atomic mass is 9.96. The lowest BCUT2D eigenvalue weighted by molar-refractivity contribution is -0.132. The van der Waals surface area contributed by atoms with E-state index in [1.54, 1.807) is 17.0 Å². The van der Waals surface area contributed by atoms with Gasteiger partial charge in [-0.1, -0.05) is 6.07 Å². The molecule has 0 aliphatic carbocycles. The van der Waals surface area contributed by atoms with Crippen LogP contribution in [0.15, 0.2) is 24.3 Å². The summed E-state index contributed by atoms with van der Waals surface area (Å²) in [6.45, 7) is 6.36. The van der Waals surface area contributed by atoms with Gasteiger partial charge in [-0.2, -0.15) is 0 Å². The van der Waals surface area contributed by atoms with E-state index in [-0.39, 0.29) is 36.8 Å². The highest BCUT2D eigenvalue weighted by molar-refractivity contribution is 5.78. The molecule has 1 aromatic rings. The van der Waals surface area contributed by atoms with Crippen LogP contribution in [-0.4, -0.2) is 91.8 Å². The molecule has 0 bridgehead atoms. The Bertz CT molecular complexity index is 630. The minimum atomic E-state index is -0.385. The third-order valence-electron chi connectivity index (χ3n) is 5.63. The molecule has 1 amide bonds. The van der Waals surface area contributed by atoms with Gasteiger partial charge in [0.2, 0.25) is 0 Å². The molecule has 0 radical (unpaired) electrons. The zero-order chi connectivity index (χ0) is 19.2. The average Bonchev–Trinajstić information content (AvgIpc) is 2.95. The van der Waals surface area contributed by atoms with Gasteiger partial charge in [0.1, 0.15) is 11.6 Å². The summed E-state index contributed by atoms with van der Waals surface area (Å²) < 4.78 is 18.6. The molecule has 1 N–H and O–H groups in total. The number of hydrogen-bond acceptors (Lipinski definition) is 5. The van der Waals surface area contributed by atoms with Crippen LogP contribution in [0.4, 0.5) is 4.39 Å². The maximum absolute atomic E-state index is 13.2. The smallest absolute Gasteiger partial charge is 0.260 e. The summed E-state index contributed by atoms with van der Waals surface area (Å²) in [6, 6.07) is 5.80. The van der Waals surface area contributed by atoms with Gasteiger partial charge in [-0.25, -0.2) is 4.39 Å². The van der Waals surface area contributed by atoms with Gasteiger partial charge in [0.05, 0.1) is 0 Å². The van der Waals surface area contributed by atoms with Crippen molar-refractivity contribution in [1.82, 2.24) is 14.7 Å². The lowest BCUT2D eigenvalue weighted by Gasteiger charge is -2.26. The number of aliphatic hydroxyl groups is 1. The van der Waals surface area contributed by atoms with Gasteiger partial charge in [0.25, 0.3) is 5.91 Å². The summed E-state index contributed by atoms with van der Waals surface area (Å²) in [6.07, 6.45) is 1.15. The minimum absolute atomic E-state index is 0.0902. The van der Waals surface area contributed by atoms with Crippen LogP contribution < -0.4 is 4.74 Å². The number of rotatable bonds is 6. The van der Waals surface area contributed by atoms with Crippen molar-refractivity contribution < 1.29 is 19.0 Å². The number of aliphatic hydroxyl groups excluding tert-OH is 1. The Morgan fingerprint density at radius 3 is 2.81 bits per heavy atom. The van der Waals surface area contributed by atoms with Crippen molar-refractivity contribution in [3.05, 3.63) is 30.1 Å². The van der Waals surface area contributed by atoms with Gasteiger partial charge < -0.3 is 24.5 Å². The molecule has 2 fully saturated rings. The largest absolute Gasteiger partial charge is 0.484 e. The Morgan fingerprint density at radius 1 is 1.22 bits per heavy atom. The number of ether oxygens (including phenoxy) is 1. The second-order valence-corrected chi connectivity index (χ2v) is 7.70. The molecule has 3 rings (SSSR count). The quantitative estimate of drug-likeness (QED) is 0.796. The van der Waals surface area contributed by atoms with Crippen LogP contribution in [0.5, 0.6) is 5.75 Å². The SMILES string of the molecule is CN1CCCN(C[C@@H]2CN(C(=O)COc3cccc(F)c3)C[C@@H]2CO)CC1. The lowest BCUT2D eigenvalue weighted by Crippen LogP contribution is -2.37. The summed E-state index contributed by atoms with van der Waals surface area (Å²) in [7, 11) is 2.15. The Kier molecular flexibility index (Phi) is 7.04. The Hall–Kier alpha value is -1.70. The van der Waals surface area contributed by atoms with Crippen molar-refractivity contribution in [1.29, 1.82) is 0 Å². The molecule has 0 aromatic heterocycles. The van der Waals surface area contributed by atoms with E-state index in [9.17, 15) is 14.3 Å². The number of nitrogens with zero attached hydrogens (tertiary/aromatic N) is 3. The summed E-state index contributed by atoms with van der Waals surface area (Å²) >= 11 is 0. The molecular weight excluding hydrogens is 349 g/mol. The summed E-state index contributed by atoms with van der Waals surface area (Å²) in [5.74, 6) is 0.229. The van der Waals surface area contributed by atoms with Crippen molar-refractivity contribution in [3.8, 4) is 5.75 Å². The van der Waals surface area contributed by atoms with E-state index in [0.717, 1.165) is 39.1 Å². The molecule has 2 saturated heterocycles.